The summed E-state index contributed by atoms with van der Waals surface area (Å²) in [5, 5.41) is 11.6. The minimum absolute atomic E-state index is 0.0693. The van der Waals surface area contributed by atoms with Crippen molar-refractivity contribution in [3.63, 3.8) is 0 Å². The van der Waals surface area contributed by atoms with Crippen molar-refractivity contribution in [3.05, 3.63) is 70.7 Å². The lowest BCUT2D eigenvalue weighted by atomic mass is 10.1. The molecule has 0 saturated carbocycles. The van der Waals surface area contributed by atoms with Crippen LogP contribution in [-0.2, 0) is 9.59 Å². The molecule has 0 aliphatic rings. The van der Waals surface area contributed by atoms with E-state index in [1.807, 2.05) is 36.4 Å². The van der Waals surface area contributed by atoms with Crippen LogP contribution in [0.1, 0.15) is 31.4 Å². The zero-order chi connectivity index (χ0) is 20.6. The molecule has 8 heteroatoms. The predicted molar refractivity (Wildman–Crippen MR) is 119 cm³/mol. The Morgan fingerprint density at radius 3 is 2.45 bits per heavy atom. The summed E-state index contributed by atoms with van der Waals surface area (Å²) in [4.78, 5) is 27.9. The van der Waals surface area contributed by atoms with Crippen LogP contribution in [0, 0.1) is 0 Å². The fraction of sp³-hybridized carbons (Fsp3) is 0.190. The lowest BCUT2D eigenvalue weighted by molar-refractivity contribution is -0.121. The lowest BCUT2D eigenvalue weighted by Gasteiger charge is -2.17. The van der Waals surface area contributed by atoms with E-state index in [1.54, 1.807) is 23.7 Å². The Hall–Kier alpha value is -2.90. The number of carbonyl (C=O) groups is 2. The molecule has 3 rings (SSSR count). The maximum Gasteiger partial charge on any atom is 0.226 e. The minimum Gasteiger partial charge on any atom is -0.377 e. The molecule has 3 aromatic rings. The van der Waals surface area contributed by atoms with Crippen LogP contribution < -0.4 is 16.0 Å². The first-order valence-corrected chi connectivity index (χ1v) is 10.4. The number of nitrogens with one attached hydrogen (secondary N) is 3. The molecular weight excluding hydrogens is 408 g/mol. The van der Waals surface area contributed by atoms with Crippen molar-refractivity contribution in [2.45, 2.75) is 25.8 Å². The van der Waals surface area contributed by atoms with Crippen LogP contribution in [0.2, 0.25) is 5.02 Å². The summed E-state index contributed by atoms with van der Waals surface area (Å²) in [5.41, 5.74) is 2.51. The van der Waals surface area contributed by atoms with Crippen molar-refractivity contribution in [1.82, 2.24) is 4.98 Å². The number of hydrogen-bond donors (Lipinski definition) is 3. The normalized spacial score (nSPS) is 11.5. The second kappa shape index (κ2) is 10.0. The minimum atomic E-state index is -0.256. The van der Waals surface area contributed by atoms with Gasteiger partial charge in [0.15, 0.2) is 5.13 Å². The summed E-state index contributed by atoms with van der Waals surface area (Å²) >= 11 is 7.70. The van der Waals surface area contributed by atoms with E-state index < -0.39 is 0 Å². The van der Waals surface area contributed by atoms with Gasteiger partial charge in [-0.2, -0.15) is 0 Å². The zero-order valence-electron chi connectivity index (χ0n) is 15.8. The van der Waals surface area contributed by atoms with Gasteiger partial charge in [0.05, 0.1) is 10.7 Å². The molecule has 2 aromatic carbocycles. The molecule has 1 heterocycles. The highest BCUT2D eigenvalue weighted by molar-refractivity contribution is 7.13. The van der Waals surface area contributed by atoms with E-state index in [0.717, 1.165) is 11.3 Å². The summed E-state index contributed by atoms with van der Waals surface area (Å²) in [6, 6.07) is 15.4. The summed E-state index contributed by atoms with van der Waals surface area (Å²) < 4.78 is 0. The number of hydrogen-bond acceptors (Lipinski definition) is 5. The van der Waals surface area contributed by atoms with Crippen LogP contribution in [0.4, 0.5) is 16.5 Å². The number of benzene rings is 2. The molecule has 0 aliphatic heterocycles. The van der Waals surface area contributed by atoms with Crippen molar-refractivity contribution in [1.29, 1.82) is 0 Å². The van der Waals surface area contributed by atoms with Gasteiger partial charge in [-0.25, -0.2) is 4.98 Å². The van der Waals surface area contributed by atoms with Crippen molar-refractivity contribution >= 4 is 51.3 Å². The van der Waals surface area contributed by atoms with Crippen LogP contribution >= 0.6 is 22.9 Å². The van der Waals surface area contributed by atoms with Crippen LogP contribution in [0.3, 0.4) is 0 Å². The first-order chi connectivity index (χ1) is 14.0. The molecule has 2 amide bonds. The van der Waals surface area contributed by atoms with E-state index in [1.165, 1.54) is 11.3 Å². The number of halogens is 1. The highest BCUT2D eigenvalue weighted by Gasteiger charge is 2.11. The van der Waals surface area contributed by atoms with Gasteiger partial charge in [0, 0.05) is 36.1 Å². The Morgan fingerprint density at radius 2 is 1.79 bits per heavy atom. The largest absolute Gasteiger partial charge is 0.377 e. The summed E-state index contributed by atoms with van der Waals surface area (Å²) in [6.07, 6.45) is 1.75. The second-order valence-electron chi connectivity index (χ2n) is 6.40. The van der Waals surface area contributed by atoms with Gasteiger partial charge in [-0.15, -0.1) is 11.3 Å². The van der Waals surface area contributed by atoms with Gasteiger partial charge >= 0.3 is 0 Å². The van der Waals surface area contributed by atoms with Crippen LogP contribution in [0.5, 0.6) is 0 Å². The zero-order valence-corrected chi connectivity index (χ0v) is 17.4. The van der Waals surface area contributed by atoms with E-state index in [4.69, 9.17) is 11.6 Å². The van der Waals surface area contributed by atoms with Crippen molar-refractivity contribution in [2.24, 2.45) is 0 Å². The molecule has 0 fully saturated rings. The van der Waals surface area contributed by atoms with E-state index >= 15 is 0 Å². The van der Waals surface area contributed by atoms with Crippen molar-refractivity contribution in [2.75, 3.05) is 16.0 Å². The Kier molecular flexibility index (Phi) is 7.21. The molecule has 1 aromatic heterocycles. The van der Waals surface area contributed by atoms with Crippen LogP contribution in [0.15, 0.2) is 60.1 Å². The number of aromatic nitrogens is 1. The van der Waals surface area contributed by atoms with E-state index in [-0.39, 0.29) is 30.7 Å². The molecule has 6 nitrogen and oxygen atoms in total. The highest BCUT2D eigenvalue weighted by atomic mass is 35.5. The fourth-order valence-corrected chi connectivity index (χ4v) is 3.47. The van der Waals surface area contributed by atoms with Gasteiger partial charge in [-0.05, 0) is 30.7 Å². The average Bonchev–Trinajstić information content (AvgIpc) is 3.22. The van der Waals surface area contributed by atoms with Gasteiger partial charge in [0.1, 0.15) is 0 Å². The molecule has 0 saturated heterocycles. The fourth-order valence-electron chi connectivity index (χ4n) is 2.69. The Labute approximate surface area is 178 Å². The van der Waals surface area contributed by atoms with E-state index in [9.17, 15) is 9.59 Å². The topological polar surface area (TPSA) is 83.1 Å². The van der Waals surface area contributed by atoms with Gasteiger partial charge in [-0.3, -0.25) is 9.59 Å². The smallest absolute Gasteiger partial charge is 0.226 e. The lowest BCUT2D eigenvalue weighted by Crippen LogP contribution is -2.17. The van der Waals surface area contributed by atoms with Gasteiger partial charge in [0.2, 0.25) is 11.8 Å². The summed E-state index contributed by atoms with van der Waals surface area (Å²) in [7, 11) is 0. The summed E-state index contributed by atoms with van der Waals surface area (Å²) in [6.45, 7) is 2.05. The SMILES string of the molecule is CC(Nc1ccc(NC(=O)CCC(=O)Nc2nccs2)cc1Cl)c1ccccc1. The quantitative estimate of drug-likeness (QED) is 0.453. The van der Waals surface area contributed by atoms with Crippen molar-refractivity contribution < 1.29 is 9.59 Å². The first-order valence-electron chi connectivity index (χ1n) is 9.11. The number of nitrogens with zero attached hydrogens (tertiary/aromatic N) is 1. The van der Waals surface area contributed by atoms with Crippen LogP contribution in [0.25, 0.3) is 0 Å². The molecule has 0 radical (unpaired) electrons. The second-order valence-corrected chi connectivity index (χ2v) is 7.71. The molecule has 3 N–H and O–H groups in total. The number of amides is 2. The standard InChI is InChI=1S/C21H21ClN4O2S/c1-14(15-5-3-2-4-6-15)24-18-8-7-16(13-17(18)22)25-19(27)9-10-20(28)26-21-23-11-12-29-21/h2-8,11-14,24H,9-10H2,1H3,(H,25,27)(H,23,26,28). The molecule has 29 heavy (non-hydrogen) atoms. The Morgan fingerprint density at radius 1 is 1.07 bits per heavy atom. The number of carbonyl (C=O) groups excluding carboxylic acids is 2. The Balaban J connectivity index is 1.50. The van der Waals surface area contributed by atoms with Gasteiger partial charge in [-0.1, -0.05) is 41.9 Å². The third kappa shape index (κ3) is 6.30. The molecule has 0 bridgehead atoms. The van der Waals surface area contributed by atoms with E-state index in [0.29, 0.717) is 15.8 Å². The molecular formula is C21H21ClN4O2S. The van der Waals surface area contributed by atoms with E-state index in [2.05, 4.69) is 27.9 Å². The van der Waals surface area contributed by atoms with Crippen LogP contribution in [-0.4, -0.2) is 16.8 Å². The molecule has 0 aliphatic carbocycles. The first kappa shape index (κ1) is 20.8. The Bertz CT molecular complexity index is 964. The molecule has 1 unspecified atom stereocenters. The highest BCUT2D eigenvalue weighted by Crippen LogP contribution is 2.29. The number of anilines is 3. The predicted octanol–water partition coefficient (Wildman–Crippen LogP) is 5.33. The number of thiazole rings is 1. The summed E-state index contributed by atoms with van der Waals surface area (Å²) in [5.74, 6) is -0.503. The maximum absolute atomic E-state index is 12.1. The molecule has 1 atom stereocenters. The van der Waals surface area contributed by atoms with Gasteiger partial charge in [0.25, 0.3) is 0 Å². The average molecular weight is 429 g/mol. The molecule has 0 spiro atoms. The van der Waals surface area contributed by atoms with Crippen molar-refractivity contribution in [3.8, 4) is 0 Å². The number of rotatable bonds is 8. The third-order valence-electron chi connectivity index (χ3n) is 4.18. The third-order valence-corrected chi connectivity index (χ3v) is 5.18. The molecule has 150 valence electrons. The van der Waals surface area contributed by atoms with Gasteiger partial charge < -0.3 is 16.0 Å². The maximum atomic E-state index is 12.1. The monoisotopic (exact) mass is 428 g/mol.